The number of hydrogen-bond acceptors (Lipinski definition) is 4. The molecule has 1 amide bonds. The Balaban J connectivity index is 1.63. The number of amides is 1. The monoisotopic (exact) mass is 378 g/mol. The summed E-state index contributed by atoms with van der Waals surface area (Å²) in [6.45, 7) is 3.61. The van der Waals surface area contributed by atoms with Crippen molar-refractivity contribution >= 4 is 23.4 Å². The van der Waals surface area contributed by atoms with Gasteiger partial charge in [-0.2, -0.15) is 0 Å². The van der Waals surface area contributed by atoms with Crippen LogP contribution in [-0.4, -0.2) is 20.7 Å². The summed E-state index contributed by atoms with van der Waals surface area (Å²) in [6, 6.07) is 16.4. The molecule has 1 N–H and O–H groups in total. The van der Waals surface area contributed by atoms with Gasteiger partial charge in [0.2, 0.25) is 5.91 Å². The smallest absolute Gasteiger partial charge is 0.221 e. The first-order valence-corrected chi connectivity index (χ1v) is 10.1. The Morgan fingerprint density at radius 2 is 1.96 bits per heavy atom. The molecule has 1 fully saturated rings. The van der Waals surface area contributed by atoms with Crippen LogP contribution in [0.3, 0.4) is 0 Å². The molecular weight excluding hydrogens is 356 g/mol. The van der Waals surface area contributed by atoms with E-state index in [4.69, 9.17) is 0 Å². The van der Waals surface area contributed by atoms with E-state index in [-0.39, 0.29) is 5.91 Å². The van der Waals surface area contributed by atoms with Gasteiger partial charge in [-0.3, -0.25) is 9.36 Å². The summed E-state index contributed by atoms with van der Waals surface area (Å²) in [4.78, 5) is 11.4. The molecule has 1 aliphatic rings. The van der Waals surface area contributed by atoms with Crippen LogP contribution in [0, 0.1) is 6.92 Å². The minimum atomic E-state index is -0.0766. The van der Waals surface area contributed by atoms with E-state index in [0.29, 0.717) is 5.92 Å². The van der Waals surface area contributed by atoms with Crippen LogP contribution in [-0.2, 0) is 10.5 Å². The number of thioether (sulfide) groups is 1. The fourth-order valence-electron chi connectivity index (χ4n) is 2.98. The Morgan fingerprint density at radius 1 is 1.19 bits per heavy atom. The lowest BCUT2D eigenvalue weighted by molar-refractivity contribution is -0.114. The first kappa shape index (κ1) is 17.8. The van der Waals surface area contributed by atoms with Crippen LogP contribution in [0.5, 0.6) is 0 Å². The Bertz CT molecular complexity index is 961. The highest BCUT2D eigenvalue weighted by Gasteiger charge is 2.31. The van der Waals surface area contributed by atoms with Crippen LogP contribution in [0.2, 0.25) is 0 Å². The van der Waals surface area contributed by atoms with Crippen molar-refractivity contribution in [1.82, 2.24) is 14.8 Å². The van der Waals surface area contributed by atoms with Gasteiger partial charge in [0.1, 0.15) is 5.82 Å². The van der Waals surface area contributed by atoms with Crippen molar-refractivity contribution in [3.63, 3.8) is 0 Å². The van der Waals surface area contributed by atoms with Crippen molar-refractivity contribution in [3.8, 4) is 5.69 Å². The maximum Gasteiger partial charge on any atom is 0.221 e. The summed E-state index contributed by atoms with van der Waals surface area (Å²) < 4.78 is 2.14. The molecule has 2 aromatic carbocycles. The second-order valence-corrected chi connectivity index (χ2v) is 7.90. The van der Waals surface area contributed by atoms with Crippen LogP contribution >= 0.6 is 11.8 Å². The third kappa shape index (κ3) is 4.22. The Morgan fingerprint density at radius 3 is 2.67 bits per heavy atom. The Labute approximate surface area is 163 Å². The van der Waals surface area contributed by atoms with E-state index in [2.05, 4.69) is 51.3 Å². The van der Waals surface area contributed by atoms with Gasteiger partial charge in [0.25, 0.3) is 0 Å². The van der Waals surface area contributed by atoms with E-state index in [1.54, 1.807) is 11.8 Å². The van der Waals surface area contributed by atoms with Crippen molar-refractivity contribution in [3.05, 3.63) is 65.5 Å². The largest absolute Gasteiger partial charge is 0.326 e. The normalized spacial score (nSPS) is 13.6. The van der Waals surface area contributed by atoms with Gasteiger partial charge >= 0.3 is 0 Å². The molecule has 6 heteroatoms. The topological polar surface area (TPSA) is 59.8 Å². The number of rotatable bonds is 6. The molecule has 0 spiro atoms. The van der Waals surface area contributed by atoms with E-state index < -0.39 is 0 Å². The van der Waals surface area contributed by atoms with Gasteiger partial charge in [-0.15, -0.1) is 10.2 Å². The molecule has 4 rings (SSSR count). The molecule has 0 atom stereocenters. The van der Waals surface area contributed by atoms with E-state index in [9.17, 15) is 4.79 Å². The van der Waals surface area contributed by atoms with Gasteiger partial charge in [0.05, 0.1) is 5.69 Å². The maximum atomic E-state index is 11.4. The molecule has 0 bridgehead atoms. The molecule has 1 saturated carbocycles. The standard InChI is InChI=1S/C21H22N4OS/c1-14-6-8-16(9-7-14)13-27-21-24-23-20(17-10-11-17)25(21)19-5-3-4-18(12-19)22-15(2)26/h3-9,12,17H,10-11,13H2,1-2H3,(H,22,26). The summed E-state index contributed by atoms with van der Waals surface area (Å²) in [5.74, 6) is 2.26. The van der Waals surface area contributed by atoms with Crippen LogP contribution in [0.25, 0.3) is 5.69 Å². The molecule has 0 radical (unpaired) electrons. The lowest BCUT2D eigenvalue weighted by atomic mass is 10.2. The summed E-state index contributed by atoms with van der Waals surface area (Å²) in [7, 11) is 0. The number of nitrogens with zero attached hydrogens (tertiary/aromatic N) is 3. The fourth-order valence-corrected chi connectivity index (χ4v) is 3.90. The van der Waals surface area contributed by atoms with Gasteiger partial charge in [0.15, 0.2) is 5.16 Å². The van der Waals surface area contributed by atoms with Gasteiger partial charge in [0, 0.05) is 24.3 Å². The second-order valence-electron chi connectivity index (χ2n) is 6.96. The van der Waals surface area contributed by atoms with E-state index >= 15 is 0 Å². The highest BCUT2D eigenvalue weighted by molar-refractivity contribution is 7.98. The van der Waals surface area contributed by atoms with Crippen LogP contribution < -0.4 is 5.32 Å². The average molecular weight is 379 g/mol. The molecule has 1 aliphatic carbocycles. The van der Waals surface area contributed by atoms with Crippen LogP contribution in [0.4, 0.5) is 5.69 Å². The summed E-state index contributed by atoms with van der Waals surface area (Å²) in [6.07, 6.45) is 2.32. The average Bonchev–Trinajstić information content (AvgIpc) is 3.40. The van der Waals surface area contributed by atoms with Crippen molar-refractivity contribution in [2.45, 2.75) is 43.5 Å². The summed E-state index contributed by atoms with van der Waals surface area (Å²) in [5.41, 5.74) is 4.29. The number of nitrogens with one attached hydrogen (secondary N) is 1. The Kier molecular flexibility index (Phi) is 4.99. The SMILES string of the molecule is CC(=O)Nc1cccc(-n2c(SCc3ccc(C)cc3)nnc2C2CC2)c1. The maximum absolute atomic E-state index is 11.4. The number of aryl methyl sites for hydroxylation is 1. The molecule has 0 aliphatic heterocycles. The summed E-state index contributed by atoms with van der Waals surface area (Å²) in [5, 5.41) is 12.7. The number of hydrogen-bond donors (Lipinski definition) is 1. The molecule has 27 heavy (non-hydrogen) atoms. The predicted octanol–water partition coefficient (Wildman–Crippen LogP) is 4.70. The van der Waals surface area contributed by atoms with Crippen molar-refractivity contribution in [2.75, 3.05) is 5.32 Å². The summed E-state index contributed by atoms with van der Waals surface area (Å²) >= 11 is 1.69. The molecule has 138 valence electrons. The Hall–Kier alpha value is -2.60. The fraction of sp³-hybridized carbons (Fsp3) is 0.286. The quantitative estimate of drug-likeness (QED) is 0.632. The third-order valence-electron chi connectivity index (χ3n) is 4.51. The molecular formula is C21H22N4OS. The number of carbonyl (C=O) groups excluding carboxylic acids is 1. The minimum absolute atomic E-state index is 0.0766. The van der Waals surface area contributed by atoms with Gasteiger partial charge in [-0.1, -0.05) is 47.7 Å². The number of benzene rings is 2. The molecule has 0 saturated heterocycles. The van der Waals surface area contributed by atoms with Crippen molar-refractivity contribution in [2.24, 2.45) is 0 Å². The lowest BCUT2D eigenvalue weighted by Crippen LogP contribution is -2.07. The zero-order chi connectivity index (χ0) is 18.8. The molecule has 1 heterocycles. The molecule has 3 aromatic rings. The van der Waals surface area contributed by atoms with E-state index in [1.807, 2.05) is 24.3 Å². The van der Waals surface area contributed by atoms with Crippen molar-refractivity contribution < 1.29 is 4.79 Å². The first-order valence-electron chi connectivity index (χ1n) is 9.12. The number of anilines is 1. The first-order chi connectivity index (χ1) is 13.1. The number of carbonyl (C=O) groups is 1. The zero-order valence-corrected chi connectivity index (χ0v) is 16.3. The van der Waals surface area contributed by atoms with Gasteiger partial charge in [-0.05, 0) is 43.5 Å². The van der Waals surface area contributed by atoms with Crippen LogP contribution in [0.1, 0.15) is 42.6 Å². The molecule has 5 nitrogen and oxygen atoms in total. The lowest BCUT2D eigenvalue weighted by Gasteiger charge is -2.12. The highest BCUT2D eigenvalue weighted by atomic mass is 32.2. The number of aromatic nitrogens is 3. The van der Waals surface area contributed by atoms with Crippen LogP contribution in [0.15, 0.2) is 53.7 Å². The zero-order valence-electron chi connectivity index (χ0n) is 15.5. The molecule has 0 unspecified atom stereocenters. The van der Waals surface area contributed by atoms with Gasteiger partial charge in [-0.25, -0.2) is 0 Å². The minimum Gasteiger partial charge on any atom is -0.326 e. The van der Waals surface area contributed by atoms with E-state index in [1.165, 1.54) is 18.1 Å². The molecule has 1 aromatic heterocycles. The highest BCUT2D eigenvalue weighted by Crippen LogP contribution is 2.41. The second kappa shape index (κ2) is 7.56. The third-order valence-corrected chi connectivity index (χ3v) is 5.51. The van der Waals surface area contributed by atoms with Crippen molar-refractivity contribution in [1.29, 1.82) is 0 Å². The van der Waals surface area contributed by atoms with Gasteiger partial charge < -0.3 is 5.32 Å². The predicted molar refractivity (Wildman–Crippen MR) is 108 cm³/mol. The van der Waals surface area contributed by atoms with E-state index in [0.717, 1.165) is 41.0 Å².